The molecule has 0 unspecified atom stereocenters. The third kappa shape index (κ3) is 2.61. The molecule has 2 aromatic rings. The number of halogens is 1. The molecule has 0 saturated heterocycles. The van der Waals surface area contributed by atoms with Gasteiger partial charge in [-0.25, -0.2) is 4.68 Å². The average Bonchev–Trinajstić information content (AvgIpc) is 2.29. The monoisotopic (exact) mass is 294 g/mol. The Balaban J connectivity index is 2.49. The second-order valence-electron chi connectivity index (χ2n) is 3.86. The smallest absolute Gasteiger partial charge is 0.274 e. The molecule has 1 aromatic carbocycles. The molecule has 0 N–H and O–H groups in total. The topological polar surface area (TPSA) is 52.0 Å². The van der Waals surface area contributed by atoms with Gasteiger partial charge < -0.3 is 0 Å². The van der Waals surface area contributed by atoms with Crippen LogP contribution in [0, 0.1) is 0 Å². The third-order valence-corrected chi connectivity index (χ3v) is 2.99. The second kappa shape index (κ2) is 4.79. The van der Waals surface area contributed by atoms with Crippen molar-refractivity contribution in [1.82, 2.24) is 9.78 Å². The van der Waals surface area contributed by atoms with Crippen molar-refractivity contribution in [3.63, 3.8) is 0 Å². The van der Waals surface area contributed by atoms with E-state index < -0.39 is 0 Å². The first-order chi connectivity index (χ1) is 8.08. The van der Waals surface area contributed by atoms with Crippen LogP contribution in [0.5, 0.6) is 0 Å². The summed E-state index contributed by atoms with van der Waals surface area (Å²) in [5.74, 6) is 0.0491. The summed E-state index contributed by atoms with van der Waals surface area (Å²) < 4.78 is 2.18. The van der Waals surface area contributed by atoms with Crippen LogP contribution >= 0.6 is 15.9 Å². The van der Waals surface area contributed by atoms with Crippen molar-refractivity contribution in [3.8, 4) is 0 Å². The highest BCUT2D eigenvalue weighted by molar-refractivity contribution is 9.10. The first kappa shape index (κ1) is 12.0. The van der Waals surface area contributed by atoms with E-state index in [0.29, 0.717) is 18.4 Å². The zero-order valence-corrected chi connectivity index (χ0v) is 10.9. The Morgan fingerprint density at radius 2 is 2.24 bits per heavy atom. The van der Waals surface area contributed by atoms with E-state index in [-0.39, 0.29) is 11.3 Å². The van der Waals surface area contributed by atoms with Crippen molar-refractivity contribution in [1.29, 1.82) is 0 Å². The number of hydrogen-bond acceptors (Lipinski definition) is 3. The minimum Gasteiger partial charge on any atom is -0.300 e. The highest BCUT2D eigenvalue weighted by Crippen LogP contribution is 2.15. The van der Waals surface area contributed by atoms with Crippen molar-refractivity contribution >= 4 is 32.5 Å². The van der Waals surface area contributed by atoms with Gasteiger partial charge in [-0.1, -0.05) is 22.0 Å². The Morgan fingerprint density at radius 3 is 2.94 bits per heavy atom. The lowest BCUT2D eigenvalue weighted by Crippen LogP contribution is -2.23. The SMILES string of the molecule is CC(=O)CCn1ncc2ccc(Br)cc2c1=O. The number of aromatic nitrogens is 2. The van der Waals surface area contributed by atoms with Gasteiger partial charge in [0.2, 0.25) is 0 Å². The number of nitrogens with zero attached hydrogens (tertiary/aromatic N) is 2. The van der Waals surface area contributed by atoms with E-state index in [2.05, 4.69) is 21.0 Å². The molecule has 1 aromatic heterocycles. The predicted molar refractivity (Wildman–Crippen MR) is 69.0 cm³/mol. The molecule has 0 aliphatic rings. The number of fused-ring (bicyclic) bond motifs is 1. The normalized spacial score (nSPS) is 10.7. The summed E-state index contributed by atoms with van der Waals surface area (Å²) in [5.41, 5.74) is -0.162. The molecule has 17 heavy (non-hydrogen) atoms. The Morgan fingerprint density at radius 1 is 1.47 bits per heavy atom. The molecular weight excluding hydrogens is 284 g/mol. The Bertz CT molecular complexity index is 634. The van der Waals surface area contributed by atoms with Crippen LogP contribution in [0.15, 0.2) is 33.7 Å². The molecule has 0 bridgehead atoms. The number of Topliss-reactive ketones (excluding diaryl/α,β-unsaturated/α-hetero) is 1. The number of aryl methyl sites for hydroxylation is 1. The van der Waals surface area contributed by atoms with Gasteiger partial charge in [-0.3, -0.25) is 9.59 Å². The highest BCUT2D eigenvalue weighted by atomic mass is 79.9. The van der Waals surface area contributed by atoms with E-state index >= 15 is 0 Å². The average molecular weight is 295 g/mol. The van der Waals surface area contributed by atoms with E-state index in [1.165, 1.54) is 11.6 Å². The number of hydrogen-bond donors (Lipinski definition) is 0. The Labute approximate surface area is 106 Å². The number of carbonyl (C=O) groups excluding carboxylic acids is 1. The fourth-order valence-electron chi connectivity index (χ4n) is 1.57. The maximum Gasteiger partial charge on any atom is 0.274 e. The fourth-order valence-corrected chi connectivity index (χ4v) is 1.93. The molecule has 5 heteroatoms. The molecule has 0 atom stereocenters. The summed E-state index contributed by atoms with van der Waals surface area (Å²) in [5, 5.41) is 5.46. The minimum atomic E-state index is -0.162. The van der Waals surface area contributed by atoms with Gasteiger partial charge in [-0.05, 0) is 19.1 Å². The molecule has 0 fully saturated rings. The van der Waals surface area contributed by atoms with Gasteiger partial charge >= 0.3 is 0 Å². The van der Waals surface area contributed by atoms with Crippen molar-refractivity contribution in [3.05, 3.63) is 39.2 Å². The fraction of sp³-hybridized carbons (Fsp3) is 0.250. The molecule has 0 saturated carbocycles. The Hall–Kier alpha value is -1.49. The van der Waals surface area contributed by atoms with Crippen LogP contribution in [-0.2, 0) is 11.3 Å². The van der Waals surface area contributed by atoms with Gasteiger partial charge in [-0.15, -0.1) is 0 Å². The van der Waals surface area contributed by atoms with E-state index in [9.17, 15) is 9.59 Å². The van der Waals surface area contributed by atoms with Crippen LogP contribution in [0.2, 0.25) is 0 Å². The maximum atomic E-state index is 12.1. The summed E-state index contributed by atoms with van der Waals surface area (Å²) >= 11 is 3.33. The number of ketones is 1. The summed E-state index contributed by atoms with van der Waals surface area (Å²) in [7, 11) is 0. The second-order valence-corrected chi connectivity index (χ2v) is 4.77. The van der Waals surface area contributed by atoms with Gasteiger partial charge in [0.05, 0.1) is 18.1 Å². The van der Waals surface area contributed by atoms with E-state index in [4.69, 9.17) is 0 Å². The molecule has 0 aliphatic heterocycles. The number of benzene rings is 1. The van der Waals surface area contributed by atoms with E-state index in [1.54, 1.807) is 12.3 Å². The predicted octanol–water partition coefficient (Wildman–Crippen LogP) is 2.14. The van der Waals surface area contributed by atoms with Crippen LogP contribution in [-0.4, -0.2) is 15.6 Å². The zero-order valence-electron chi connectivity index (χ0n) is 9.31. The lowest BCUT2D eigenvalue weighted by atomic mass is 10.2. The van der Waals surface area contributed by atoms with Crippen LogP contribution < -0.4 is 5.56 Å². The molecule has 0 spiro atoms. The summed E-state index contributed by atoms with van der Waals surface area (Å²) in [6.07, 6.45) is 1.97. The third-order valence-electron chi connectivity index (χ3n) is 2.49. The summed E-state index contributed by atoms with van der Waals surface area (Å²) in [4.78, 5) is 23.0. The first-order valence-electron chi connectivity index (χ1n) is 5.23. The highest BCUT2D eigenvalue weighted by Gasteiger charge is 2.05. The molecular formula is C12H11BrN2O2. The Kier molecular flexibility index (Phi) is 3.38. The van der Waals surface area contributed by atoms with Crippen molar-refractivity contribution < 1.29 is 4.79 Å². The number of carbonyl (C=O) groups is 1. The molecule has 1 heterocycles. The molecule has 0 amide bonds. The van der Waals surface area contributed by atoms with Crippen molar-refractivity contribution in [2.75, 3.05) is 0 Å². The van der Waals surface area contributed by atoms with Gasteiger partial charge in [0.25, 0.3) is 5.56 Å². The standard InChI is InChI=1S/C12H11BrN2O2/c1-8(16)4-5-15-12(17)11-6-10(13)3-2-9(11)7-14-15/h2-3,6-7H,4-5H2,1H3. The van der Waals surface area contributed by atoms with Crippen LogP contribution in [0.3, 0.4) is 0 Å². The van der Waals surface area contributed by atoms with Gasteiger partial charge in [0, 0.05) is 16.3 Å². The molecule has 2 rings (SSSR count). The summed E-state index contributed by atoms with van der Waals surface area (Å²) in [6, 6.07) is 5.47. The molecule has 4 nitrogen and oxygen atoms in total. The van der Waals surface area contributed by atoms with E-state index in [0.717, 1.165) is 9.86 Å². The van der Waals surface area contributed by atoms with Crippen LogP contribution in [0.1, 0.15) is 13.3 Å². The number of rotatable bonds is 3. The van der Waals surface area contributed by atoms with Gasteiger partial charge in [-0.2, -0.15) is 5.10 Å². The quantitative estimate of drug-likeness (QED) is 0.871. The van der Waals surface area contributed by atoms with Gasteiger partial charge in [0.15, 0.2) is 0 Å². The van der Waals surface area contributed by atoms with Crippen molar-refractivity contribution in [2.24, 2.45) is 0 Å². The lowest BCUT2D eigenvalue weighted by Gasteiger charge is -2.04. The largest absolute Gasteiger partial charge is 0.300 e. The zero-order chi connectivity index (χ0) is 12.4. The first-order valence-corrected chi connectivity index (χ1v) is 6.02. The van der Waals surface area contributed by atoms with E-state index in [1.807, 2.05) is 12.1 Å². The molecule has 0 radical (unpaired) electrons. The molecule has 88 valence electrons. The summed E-state index contributed by atoms with van der Waals surface area (Å²) in [6.45, 7) is 1.83. The minimum absolute atomic E-state index is 0.0491. The van der Waals surface area contributed by atoms with Crippen LogP contribution in [0.4, 0.5) is 0 Å². The van der Waals surface area contributed by atoms with Crippen LogP contribution in [0.25, 0.3) is 10.8 Å². The van der Waals surface area contributed by atoms with Crippen molar-refractivity contribution in [2.45, 2.75) is 19.9 Å². The molecule has 0 aliphatic carbocycles. The maximum absolute atomic E-state index is 12.1. The van der Waals surface area contributed by atoms with Gasteiger partial charge in [0.1, 0.15) is 5.78 Å². The lowest BCUT2D eigenvalue weighted by molar-refractivity contribution is -0.117.